The molecule has 0 spiro atoms. The number of benzene rings is 1. The van der Waals surface area contributed by atoms with Gasteiger partial charge in [-0.25, -0.2) is 0 Å². The van der Waals surface area contributed by atoms with Crippen LogP contribution in [0.3, 0.4) is 0 Å². The van der Waals surface area contributed by atoms with Gasteiger partial charge >= 0.3 is 0 Å². The summed E-state index contributed by atoms with van der Waals surface area (Å²) in [5, 5.41) is 8.02. The molecule has 4 nitrogen and oxygen atoms in total. The third kappa shape index (κ3) is 3.10. The van der Waals surface area contributed by atoms with Gasteiger partial charge in [0.2, 0.25) is 0 Å². The molecule has 2 rings (SSSR count). The van der Waals surface area contributed by atoms with Gasteiger partial charge in [0.15, 0.2) is 5.75 Å². The monoisotopic (exact) mass is 287 g/mol. The van der Waals surface area contributed by atoms with Gasteiger partial charge in [-0.05, 0) is 38.4 Å². The number of methoxy groups -OCH3 is 1. The van der Waals surface area contributed by atoms with Gasteiger partial charge in [-0.2, -0.15) is 5.10 Å². The lowest BCUT2D eigenvalue weighted by Crippen LogP contribution is -2.26. The molecular weight excluding hydrogens is 262 g/mol. The number of rotatable bonds is 6. The predicted octanol–water partition coefficient (Wildman–Crippen LogP) is 3.23. The molecule has 1 heterocycles. The van der Waals surface area contributed by atoms with Crippen molar-refractivity contribution in [3.8, 4) is 5.75 Å². The van der Waals surface area contributed by atoms with Crippen molar-refractivity contribution in [3.63, 3.8) is 0 Å². The van der Waals surface area contributed by atoms with Gasteiger partial charge < -0.3 is 10.1 Å². The Morgan fingerprint density at radius 3 is 2.67 bits per heavy atom. The van der Waals surface area contributed by atoms with Crippen LogP contribution in [0.4, 0.5) is 0 Å². The Hall–Kier alpha value is -1.81. The largest absolute Gasteiger partial charge is 0.493 e. The summed E-state index contributed by atoms with van der Waals surface area (Å²) in [6.07, 6.45) is 1.80. The minimum atomic E-state index is 0.0901. The van der Waals surface area contributed by atoms with Crippen LogP contribution in [0.5, 0.6) is 5.75 Å². The quantitative estimate of drug-likeness (QED) is 0.886. The highest BCUT2D eigenvalue weighted by Crippen LogP contribution is 2.32. The number of nitrogens with one attached hydrogen (secondary N) is 1. The molecule has 1 aromatic carbocycles. The maximum atomic E-state index is 5.52. The molecule has 0 radical (unpaired) electrons. The second kappa shape index (κ2) is 6.76. The van der Waals surface area contributed by atoms with E-state index < -0.39 is 0 Å². The summed E-state index contributed by atoms with van der Waals surface area (Å²) in [5.41, 5.74) is 4.92. The number of aromatic nitrogens is 2. The molecule has 0 saturated heterocycles. The molecule has 0 aliphatic heterocycles. The molecule has 0 bridgehead atoms. The Kier molecular flexibility index (Phi) is 5.02. The van der Waals surface area contributed by atoms with Crippen LogP contribution in [0.25, 0.3) is 0 Å². The van der Waals surface area contributed by atoms with Gasteiger partial charge in [-0.15, -0.1) is 0 Å². The standard InChI is InChI=1S/C17H25N3O/c1-6-18-16(14-10-12(3)8-9-13(14)4)17-15(21-5)11-19-20(17)7-2/h8-11,16,18H,6-7H2,1-5H3. The number of nitrogens with zero attached hydrogens (tertiary/aromatic N) is 2. The van der Waals surface area contributed by atoms with Crippen LogP contribution in [0.2, 0.25) is 0 Å². The van der Waals surface area contributed by atoms with Crippen LogP contribution in [-0.4, -0.2) is 23.4 Å². The average Bonchev–Trinajstić information content (AvgIpc) is 2.90. The van der Waals surface area contributed by atoms with E-state index in [1.807, 2.05) is 4.68 Å². The average molecular weight is 287 g/mol. The van der Waals surface area contributed by atoms with E-state index in [0.29, 0.717) is 0 Å². The summed E-state index contributed by atoms with van der Waals surface area (Å²) >= 11 is 0. The van der Waals surface area contributed by atoms with Crippen LogP contribution in [0.1, 0.15) is 42.3 Å². The first kappa shape index (κ1) is 15.6. The fourth-order valence-corrected chi connectivity index (χ4v) is 2.71. The smallest absolute Gasteiger partial charge is 0.161 e. The number of hydrogen-bond acceptors (Lipinski definition) is 3. The van der Waals surface area contributed by atoms with Crippen LogP contribution < -0.4 is 10.1 Å². The maximum Gasteiger partial charge on any atom is 0.161 e. The third-order valence-corrected chi connectivity index (χ3v) is 3.79. The Bertz CT molecular complexity index is 583. The highest BCUT2D eigenvalue weighted by atomic mass is 16.5. The fourth-order valence-electron chi connectivity index (χ4n) is 2.71. The van der Waals surface area contributed by atoms with E-state index in [0.717, 1.165) is 24.5 Å². The van der Waals surface area contributed by atoms with Crippen molar-refractivity contribution in [3.05, 3.63) is 46.8 Å². The zero-order chi connectivity index (χ0) is 15.4. The highest BCUT2D eigenvalue weighted by molar-refractivity contribution is 5.41. The summed E-state index contributed by atoms with van der Waals surface area (Å²) in [4.78, 5) is 0. The number of aryl methyl sites for hydroxylation is 3. The van der Waals surface area contributed by atoms with Gasteiger partial charge in [-0.3, -0.25) is 4.68 Å². The van der Waals surface area contributed by atoms with Gasteiger partial charge in [-0.1, -0.05) is 30.7 Å². The number of hydrogen-bond donors (Lipinski definition) is 1. The van der Waals surface area contributed by atoms with Crippen LogP contribution in [0.15, 0.2) is 24.4 Å². The molecule has 0 saturated carbocycles. The minimum absolute atomic E-state index is 0.0901. The lowest BCUT2D eigenvalue weighted by molar-refractivity contribution is 0.399. The fraction of sp³-hybridized carbons (Fsp3) is 0.471. The lowest BCUT2D eigenvalue weighted by atomic mass is 9.96. The van der Waals surface area contributed by atoms with Crippen molar-refractivity contribution < 1.29 is 4.74 Å². The van der Waals surface area contributed by atoms with Gasteiger partial charge in [0.05, 0.1) is 19.3 Å². The van der Waals surface area contributed by atoms with Crippen molar-refractivity contribution >= 4 is 0 Å². The van der Waals surface area contributed by atoms with Crippen molar-refractivity contribution in [2.24, 2.45) is 0 Å². The molecule has 1 unspecified atom stereocenters. The second-order valence-corrected chi connectivity index (χ2v) is 5.26. The first-order valence-electron chi connectivity index (χ1n) is 7.52. The lowest BCUT2D eigenvalue weighted by Gasteiger charge is -2.23. The molecule has 114 valence electrons. The molecule has 2 aromatic rings. The molecule has 4 heteroatoms. The van der Waals surface area contributed by atoms with Crippen molar-refractivity contribution in [1.82, 2.24) is 15.1 Å². The number of ether oxygens (including phenoxy) is 1. The van der Waals surface area contributed by atoms with Crippen molar-refractivity contribution in [2.45, 2.75) is 40.3 Å². The van der Waals surface area contributed by atoms with Crippen LogP contribution in [0, 0.1) is 13.8 Å². The van der Waals surface area contributed by atoms with Gasteiger partial charge in [0, 0.05) is 6.54 Å². The maximum absolute atomic E-state index is 5.52. The zero-order valence-corrected chi connectivity index (χ0v) is 13.6. The van der Waals surface area contributed by atoms with Gasteiger partial charge in [0.1, 0.15) is 5.69 Å². The predicted molar refractivity (Wildman–Crippen MR) is 85.9 cm³/mol. The van der Waals surface area contributed by atoms with E-state index in [-0.39, 0.29) is 6.04 Å². The molecule has 0 amide bonds. The van der Waals surface area contributed by atoms with E-state index in [9.17, 15) is 0 Å². The minimum Gasteiger partial charge on any atom is -0.493 e. The van der Waals surface area contributed by atoms with Crippen molar-refractivity contribution in [2.75, 3.05) is 13.7 Å². The first-order valence-corrected chi connectivity index (χ1v) is 7.52. The molecule has 1 aromatic heterocycles. The SMILES string of the molecule is CCNC(c1cc(C)ccc1C)c1c(OC)cnn1CC. The van der Waals surface area contributed by atoms with E-state index in [4.69, 9.17) is 4.74 Å². The molecule has 1 N–H and O–H groups in total. The highest BCUT2D eigenvalue weighted by Gasteiger charge is 2.23. The molecule has 1 atom stereocenters. The molecular formula is C17H25N3O. The zero-order valence-electron chi connectivity index (χ0n) is 13.6. The summed E-state index contributed by atoms with van der Waals surface area (Å²) in [6.45, 7) is 10.2. The second-order valence-electron chi connectivity index (χ2n) is 5.26. The molecule has 0 aliphatic rings. The Morgan fingerprint density at radius 1 is 1.29 bits per heavy atom. The van der Waals surface area contributed by atoms with Gasteiger partial charge in [0.25, 0.3) is 0 Å². The first-order chi connectivity index (χ1) is 10.1. The molecule has 21 heavy (non-hydrogen) atoms. The summed E-state index contributed by atoms with van der Waals surface area (Å²) in [5.74, 6) is 0.837. The normalized spacial score (nSPS) is 12.4. The Labute approximate surface area is 127 Å². The molecule has 0 fully saturated rings. The van der Waals surface area contributed by atoms with E-state index in [2.05, 4.69) is 56.3 Å². The Morgan fingerprint density at radius 2 is 2.05 bits per heavy atom. The summed E-state index contributed by atoms with van der Waals surface area (Å²) < 4.78 is 7.53. The van der Waals surface area contributed by atoms with E-state index in [1.54, 1.807) is 13.3 Å². The Balaban J connectivity index is 2.58. The van der Waals surface area contributed by atoms with E-state index >= 15 is 0 Å². The van der Waals surface area contributed by atoms with Crippen LogP contribution >= 0.6 is 0 Å². The molecule has 0 aliphatic carbocycles. The van der Waals surface area contributed by atoms with E-state index in [1.165, 1.54) is 16.7 Å². The topological polar surface area (TPSA) is 39.1 Å². The summed E-state index contributed by atoms with van der Waals surface area (Å²) in [6, 6.07) is 6.66. The third-order valence-electron chi connectivity index (χ3n) is 3.79. The van der Waals surface area contributed by atoms with Crippen LogP contribution in [-0.2, 0) is 6.54 Å². The summed E-state index contributed by atoms with van der Waals surface area (Å²) in [7, 11) is 1.70. The van der Waals surface area contributed by atoms with Crippen molar-refractivity contribution in [1.29, 1.82) is 0 Å².